The molecule has 0 aliphatic heterocycles. The molecule has 0 saturated carbocycles. The molecule has 136 valence electrons. The largest absolute Gasteiger partial charge is 0.493 e. The lowest BCUT2D eigenvalue weighted by atomic mass is 9.99. The number of nitrogens with zero attached hydrogens (tertiary/aromatic N) is 1. The number of rotatable bonds is 10. The highest BCUT2D eigenvalue weighted by Gasteiger charge is 2.14. The molecule has 4 heteroatoms. The van der Waals surface area contributed by atoms with Crippen molar-refractivity contribution in [2.75, 3.05) is 31.6 Å². The molecule has 1 amide bonds. The molecule has 0 atom stereocenters. The lowest BCUT2D eigenvalue weighted by Crippen LogP contribution is -2.33. The maximum absolute atomic E-state index is 12.3. The summed E-state index contributed by atoms with van der Waals surface area (Å²) < 4.78 is 5.96. The molecule has 1 aromatic rings. The van der Waals surface area contributed by atoms with Crippen molar-refractivity contribution in [3.05, 3.63) is 23.3 Å². The van der Waals surface area contributed by atoms with Gasteiger partial charge in [-0.05, 0) is 55.6 Å². The number of hydrogen-bond donors (Lipinski definition) is 1. The summed E-state index contributed by atoms with van der Waals surface area (Å²) in [5.41, 5.74) is 3.08. The first-order valence-corrected chi connectivity index (χ1v) is 9.22. The molecule has 0 aliphatic rings. The van der Waals surface area contributed by atoms with Gasteiger partial charge in [-0.3, -0.25) is 9.69 Å². The number of benzene rings is 1. The van der Waals surface area contributed by atoms with E-state index in [1.807, 2.05) is 6.92 Å². The van der Waals surface area contributed by atoms with Crippen LogP contribution in [-0.2, 0) is 4.79 Å². The van der Waals surface area contributed by atoms with E-state index in [0.717, 1.165) is 55.1 Å². The van der Waals surface area contributed by atoms with Crippen LogP contribution in [0.3, 0.4) is 0 Å². The average Bonchev–Trinajstić information content (AvgIpc) is 2.54. The number of hydrogen-bond acceptors (Lipinski definition) is 3. The number of unbranched alkanes of at least 4 members (excludes halogenated alkanes) is 1. The van der Waals surface area contributed by atoms with Crippen molar-refractivity contribution in [2.24, 2.45) is 0 Å². The van der Waals surface area contributed by atoms with Crippen molar-refractivity contribution >= 4 is 11.6 Å². The summed E-state index contributed by atoms with van der Waals surface area (Å²) in [5, 5.41) is 3.06. The molecule has 0 saturated heterocycles. The molecule has 1 aromatic carbocycles. The molecule has 0 radical (unpaired) electrons. The topological polar surface area (TPSA) is 41.6 Å². The molecule has 4 nitrogen and oxygen atoms in total. The molecule has 0 spiro atoms. The lowest BCUT2D eigenvalue weighted by Gasteiger charge is -2.20. The quantitative estimate of drug-likeness (QED) is 0.637. The van der Waals surface area contributed by atoms with Crippen LogP contribution in [-0.4, -0.2) is 37.0 Å². The minimum Gasteiger partial charge on any atom is -0.493 e. The van der Waals surface area contributed by atoms with Crippen LogP contribution in [0.4, 0.5) is 5.69 Å². The second-order valence-corrected chi connectivity index (χ2v) is 6.57. The number of carbonyl (C=O) groups excluding carboxylic acids is 1. The maximum atomic E-state index is 12.3. The summed E-state index contributed by atoms with van der Waals surface area (Å²) in [5.74, 6) is 1.33. The van der Waals surface area contributed by atoms with Gasteiger partial charge in [0.1, 0.15) is 5.75 Å². The normalized spacial score (nSPS) is 11.2. The Balaban J connectivity index is 2.91. The van der Waals surface area contributed by atoms with Gasteiger partial charge < -0.3 is 10.1 Å². The van der Waals surface area contributed by atoms with Gasteiger partial charge in [-0.2, -0.15) is 0 Å². The van der Waals surface area contributed by atoms with Gasteiger partial charge in [0, 0.05) is 5.69 Å². The average molecular weight is 335 g/mol. The monoisotopic (exact) mass is 334 g/mol. The van der Waals surface area contributed by atoms with Gasteiger partial charge >= 0.3 is 0 Å². The van der Waals surface area contributed by atoms with Gasteiger partial charge in [-0.15, -0.1) is 0 Å². The van der Waals surface area contributed by atoms with E-state index in [0.29, 0.717) is 12.5 Å². The van der Waals surface area contributed by atoms with Crippen LogP contribution in [0.15, 0.2) is 12.1 Å². The number of anilines is 1. The van der Waals surface area contributed by atoms with Gasteiger partial charge in [0.05, 0.1) is 13.2 Å². The van der Waals surface area contributed by atoms with Crippen molar-refractivity contribution < 1.29 is 9.53 Å². The first kappa shape index (κ1) is 20.5. The summed E-state index contributed by atoms with van der Waals surface area (Å²) in [4.78, 5) is 14.4. The number of carbonyl (C=O) groups is 1. The number of amides is 1. The van der Waals surface area contributed by atoms with Crippen LogP contribution in [0.2, 0.25) is 0 Å². The molecule has 0 aromatic heterocycles. The van der Waals surface area contributed by atoms with E-state index in [-0.39, 0.29) is 5.91 Å². The van der Waals surface area contributed by atoms with E-state index >= 15 is 0 Å². The second kappa shape index (κ2) is 10.3. The molecule has 24 heavy (non-hydrogen) atoms. The van der Waals surface area contributed by atoms with E-state index in [1.165, 1.54) is 0 Å². The standard InChI is InChI=1S/C20H34N2O2/c1-7-10-11-24-19-12-16(6)18(13-17(19)15(4)5)21-20(23)14-22(8-2)9-3/h12-13,15H,7-11,14H2,1-6H3,(H,21,23). The highest BCUT2D eigenvalue weighted by atomic mass is 16.5. The van der Waals surface area contributed by atoms with E-state index in [4.69, 9.17) is 4.74 Å². The fourth-order valence-corrected chi connectivity index (χ4v) is 2.58. The predicted octanol–water partition coefficient (Wildman–Crippen LogP) is 4.58. The van der Waals surface area contributed by atoms with Crippen molar-refractivity contribution in [3.8, 4) is 5.75 Å². The fraction of sp³-hybridized carbons (Fsp3) is 0.650. The smallest absolute Gasteiger partial charge is 0.238 e. The first-order valence-electron chi connectivity index (χ1n) is 9.22. The third-order valence-electron chi connectivity index (χ3n) is 4.27. The summed E-state index contributed by atoms with van der Waals surface area (Å²) in [6, 6.07) is 4.12. The van der Waals surface area contributed by atoms with E-state index in [9.17, 15) is 4.79 Å². The lowest BCUT2D eigenvalue weighted by molar-refractivity contribution is -0.117. The minimum atomic E-state index is 0.0381. The van der Waals surface area contributed by atoms with Crippen molar-refractivity contribution in [1.29, 1.82) is 0 Å². The fourth-order valence-electron chi connectivity index (χ4n) is 2.58. The molecule has 0 unspecified atom stereocenters. The molecule has 0 aliphatic carbocycles. The molecule has 1 rings (SSSR count). The number of likely N-dealkylation sites (N-methyl/N-ethyl adjacent to an activating group) is 1. The van der Waals surface area contributed by atoms with Gasteiger partial charge in [-0.1, -0.05) is 41.0 Å². The Morgan fingerprint density at radius 1 is 1.21 bits per heavy atom. The summed E-state index contributed by atoms with van der Waals surface area (Å²) >= 11 is 0. The van der Waals surface area contributed by atoms with Gasteiger partial charge in [-0.25, -0.2) is 0 Å². The Kier molecular flexibility index (Phi) is 8.83. The molecule has 0 bridgehead atoms. The Bertz CT molecular complexity index is 523. The molecule has 0 fully saturated rings. The number of nitrogens with one attached hydrogen (secondary N) is 1. The van der Waals surface area contributed by atoms with E-state index in [2.05, 4.69) is 57.0 Å². The molecule has 1 N–H and O–H groups in total. The minimum absolute atomic E-state index is 0.0381. The molecule has 0 heterocycles. The zero-order chi connectivity index (χ0) is 18.1. The van der Waals surface area contributed by atoms with Crippen LogP contribution in [0, 0.1) is 6.92 Å². The van der Waals surface area contributed by atoms with Crippen LogP contribution in [0.5, 0.6) is 5.75 Å². The van der Waals surface area contributed by atoms with Gasteiger partial charge in [0.25, 0.3) is 0 Å². The third kappa shape index (κ3) is 6.16. The zero-order valence-electron chi connectivity index (χ0n) is 16.2. The van der Waals surface area contributed by atoms with Crippen LogP contribution in [0.25, 0.3) is 0 Å². The number of aryl methyl sites for hydroxylation is 1. The van der Waals surface area contributed by atoms with Gasteiger partial charge in [0.2, 0.25) is 5.91 Å². The highest BCUT2D eigenvalue weighted by Crippen LogP contribution is 2.32. The van der Waals surface area contributed by atoms with E-state index < -0.39 is 0 Å². The van der Waals surface area contributed by atoms with Crippen LogP contribution < -0.4 is 10.1 Å². The Hall–Kier alpha value is -1.55. The number of ether oxygens (including phenoxy) is 1. The summed E-state index contributed by atoms with van der Waals surface area (Å²) in [6.45, 7) is 15.5. The van der Waals surface area contributed by atoms with E-state index in [1.54, 1.807) is 0 Å². The Morgan fingerprint density at radius 3 is 2.42 bits per heavy atom. The first-order chi connectivity index (χ1) is 11.4. The van der Waals surface area contributed by atoms with Crippen LogP contribution >= 0.6 is 0 Å². The third-order valence-corrected chi connectivity index (χ3v) is 4.27. The SMILES string of the molecule is CCCCOc1cc(C)c(NC(=O)CN(CC)CC)cc1C(C)C. The highest BCUT2D eigenvalue weighted by molar-refractivity contribution is 5.93. The van der Waals surface area contributed by atoms with Gasteiger partial charge in [0.15, 0.2) is 0 Å². The van der Waals surface area contributed by atoms with Crippen molar-refractivity contribution in [3.63, 3.8) is 0 Å². The summed E-state index contributed by atoms with van der Waals surface area (Å²) in [7, 11) is 0. The zero-order valence-corrected chi connectivity index (χ0v) is 16.2. The predicted molar refractivity (Wildman–Crippen MR) is 102 cm³/mol. The molecular weight excluding hydrogens is 300 g/mol. The maximum Gasteiger partial charge on any atom is 0.238 e. The van der Waals surface area contributed by atoms with Crippen LogP contribution in [0.1, 0.15) is 64.5 Å². The molecular formula is C20H34N2O2. The second-order valence-electron chi connectivity index (χ2n) is 6.57. The van der Waals surface area contributed by atoms with Crippen molar-refractivity contribution in [1.82, 2.24) is 4.90 Å². The Labute approximate surface area is 147 Å². The Morgan fingerprint density at radius 2 is 1.88 bits per heavy atom. The van der Waals surface area contributed by atoms with Crippen molar-refractivity contribution in [2.45, 2.75) is 60.3 Å². The summed E-state index contributed by atoms with van der Waals surface area (Å²) in [6.07, 6.45) is 2.18.